The van der Waals surface area contributed by atoms with Gasteiger partial charge in [-0.2, -0.15) is 4.73 Å². The number of ether oxygens (including phenoxy) is 2. The fourth-order valence-corrected chi connectivity index (χ4v) is 5.01. The number of benzene rings is 1. The van der Waals surface area contributed by atoms with Crippen molar-refractivity contribution < 1.29 is 23.8 Å². The Kier molecular flexibility index (Phi) is 9.27. The van der Waals surface area contributed by atoms with Gasteiger partial charge in [-0.1, -0.05) is 12.1 Å². The number of amides is 2. The zero-order valence-corrected chi connectivity index (χ0v) is 23.6. The van der Waals surface area contributed by atoms with Crippen LogP contribution in [0.1, 0.15) is 65.6 Å². The minimum absolute atomic E-state index is 0.0950. The summed E-state index contributed by atoms with van der Waals surface area (Å²) in [4.78, 5) is 31.7. The molecule has 0 spiro atoms. The van der Waals surface area contributed by atoms with Crippen LogP contribution in [0.4, 0.5) is 4.79 Å². The molecule has 1 aliphatic rings. The molecule has 1 N–H and O–H groups in total. The van der Waals surface area contributed by atoms with Crippen molar-refractivity contribution in [2.45, 2.75) is 78.5 Å². The summed E-state index contributed by atoms with van der Waals surface area (Å²) in [6.07, 6.45) is 5.14. The van der Waals surface area contributed by atoms with E-state index in [1.807, 2.05) is 45.9 Å². The van der Waals surface area contributed by atoms with Gasteiger partial charge in [-0.25, -0.2) is 9.78 Å². The molecule has 10 heteroatoms. The molecule has 1 saturated heterocycles. The molecule has 1 aliphatic heterocycles. The molecular formula is C29H41N5O5. The fourth-order valence-electron chi connectivity index (χ4n) is 5.01. The number of imidazole rings is 1. The number of nitrogens with one attached hydrogen (secondary N) is 1. The third kappa shape index (κ3) is 7.38. The average Bonchev–Trinajstić information content (AvgIpc) is 3.23. The van der Waals surface area contributed by atoms with E-state index in [9.17, 15) is 14.8 Å². The number of carbonyl (C=O) groups excluding carboxylic acids is 2. The number of hydrogen-bond acceptors (Lipinski definition) is 6. The van der Waals surface area contributed by atoms with Gasteiger partial charge in [-0.15, -0.1) is 0 Å². The molecule has 3 heterocycles. The standard InChI is InChI=1S/C29H41N5O5/c1-5-32(28(36)39-29(2,3)4)20-25-31-23-19-34(37)24-11-7-6-10-22(24)27(23)33(25)15-9-8-14-30-26(35)18-21-12-16-38-17-13-21/h6-7,10-11,19,21H,5,8-9,12-18,20H2,1-4H3,(H,30,35). The maximum absolute atomic E-state index is 12.9. The van der Waals surface area contributed by atoms with Crippen LogP contribution >= 0.6 is 0 Å². The second kappa shape index (κ2) is 12.6. The van der Waals surface area contributed by atoms with Gasteiger partial charge in [-0.05, 0) is 65.4 Å². The Balaban J connectivity index is 1.50. The van der Waals surface area contributed by atoms with Crippen LogP contribution in [0, 0.1) is 11.1 Å². The maximum atomic E-state index is 12.9. The Morgan fingerprint density at radius 1 is 1.23 bits per heavy atom. The quantitative estimate of drug-likeness (QED) is 0.234. The van der Waals surface area contributed by atoms with E-state index in [2.05, 4.69) is 9.88 Å². The van der Waals surface area contributed by atoms with E-state index in [4.69, 9.17) is 14.5 Å². The normalized spacial score (nSPS) is 14.6. The van der Waals surface area contributed by atoms with Crippen molar-refractivity contribution in [2.24, 2.45) is 5.92 Å². The van der Waals surface area contributed by atoms with Gasteiger partial charge >= 0.3 is 6.09 Å². The van der Waals surface area contributed by atoms with E-state index < -0.39 is 11.7 Å². The van der Waals surface area contributed by atoms with Gasteiger partial charge in [0.1, 0.15) is 11.4 Å². The first-order valence-electron chi connectivity index (χ1n) is 14.0. The van der Waals surface area contributed by atoms with E-state index in [0.717, 1.165) is 54.5 Å². The Bertz CT molecular complexity index is 1290. The number of aromatic nitrogens is 3. The van der Waals surface area contributed by atoms with Crippen LogP contribution in [0.5, 0.6) is 0 Å². The molecule has 1 aromatic carbocycles. The molecule has 3 aromatic rings. The minimum Gasteiger partial charge on any atom is -0.618 e. The summed E-state index contributed by atoms with van der Waals surface area (Å²) in [5.41, 5.74) is 1.42. The van der Waals surface area contributed by atoms with Crippen molar-refractivity contribution in [2.75, 3.05) is 26.3 Å². The summed E-state index contributed by atoms with van der Waals surface area (Å²) in [7, 11) is 0. The number of hydrogen-bond donors (Lipinski definition) is 1. The van der Waals surface area contributed by atoms with Crippen LogP contribution in [0.15, 0.2) is 30.5 Å². The van der Waals surface area contributed by atoms with Crippen LogP contribution in [0.3, 0.4) is 0 Å². The number of nitrogens with zero attached hydrogens (tertiary/aromatic N) is 4. The molecule has 0 saturated carbocycles. The van der Waals surface area contributed by atoms with E-state index in [0.29, 0.717) is 48.8 Å². The highest BCUT2D eigenvalue weighted by atomic mass is 16.6. The number of aryl methyl sites for hydroxylation is 1. The number of unbranched alkanes of at least 4 members (excludes halogenated alkanes) is 1. The first-order chi connectivity index (χ1) is 18.7. The Labute approximate surface area is 229 Å². The smallest absolute Gasteiger partial charge is 0.410 e. The van der Waals surface area contributed by atoms with Crippen LogP contribution in [0.2, 0.25) is 0 Å². The second-order valence-corrected chi connectivity index (χ2v) is 11.2. The molecule has 0 radical (unpaired) electrons. The minimum atomic E-state index is -0.607. The zero-order valence-electron chi connectivity index (χ0n) is 23.6. The highest BCUT2D eigenvalue weighted by Gasteiger charge is 2.25. The van der Waals surface area contributed by atoms with Gasteiger partial charge < -0.3 is 29.5 Å². The molecule has 0 unspecified atom stereocenters. The summed E-state index contributed by atoms with van der Waals surface area (Å²) in [5.74, 6) is 1.19. The summed E-state index contributed by atoms with van der Waals surface area (Å²) in [5, 5.41) is 16.6. The summed E-state index contributed by atoms with van der Waals surface area (Å²) >= 11 is 0. The molecule has 212 valence electrons. The highest BCUT2D eigenvalue weighted by molar-refractivity contribution is 6.00. The van der Waals surface area contributed by atoms with E-state index in [1.54, 1.807) is 11.0 Å². The van der Waals surface area contributed by atoms with Gasteiger partial charge in [0.05, 0.1) is 17.4 Å². The molecule has 0 atom stereocenters. The third-order valence-corrected chi connectivity index (χ3v) is 7.02. The summed E-state index contributed by atoms with van der Waals surface area (Å²) in [6, 6.07) is 7.47. The molecular weight excluding hydrogens is 498 g/mol. The molecule has 2 aromatic heterocycles. The zero-order chi connectivity index (χ0) is 28.0. The number of pyridine rings is 1. The molecule has 2 amide bonds. The number of rotatable bonds is 10. The number of para-hydroxylation sites is 1. The molecule has 1 fully saturated rings. The largest absolute Gasteiger partial charge is 0.618 e. The lowest BCUT2D eigenvalue weighted by Crippen LogP contribution is -2.37. The number of carbonyl (C=O) groups is 2. The van der Waals surface area contributed by atoms with Crippen molar-refractivity contribution >= 4 is 33.9 Å². The summed E-state index contributed by atoms with van der Waals surface area (Å²) < 4.78 is 13.9. The fraction of sp³-hybridized carbons (Fsp3) is 0.586. The van der Waals surface area contributed by atoms with Gasteiger partial charge in [0.2, 0.25) is 17.6 Å². The Hall–Kier alpha value is -3.40. The summed E-state index contributed by atoms with van der Waals surface area (Å²) in [6.45, 7) is 10.9. The first-order valence-corrected chi connectivity index (χ1v) is 14.0. The molecule has 10 nitrogen and oxygen atoms in total. The second-order valence-electron chi connectivity index (χ2n) is 11.2. The Morgan fingerprint density at radius 3 is 2.69 bits per heavy atom. The lowest BCUT2D eigenvalue weighted by Gasteiger charge is -2.26. The molecule has 4 rings (SSSR count). The van der Waals surface area contributed by atoms with Gasteiger partial charge in [0, 0.05) is 45.3 Å². The lowest BCUT2D eigenvalue weighted by atomic mass is 9.96. The first kappa shape index (κ1) is 28.6. The molecule has 0 bridgehead atoms. The Morgan fingerprint density at radius 2 is 1.97 bits per heavy atom. The topological polar surface area (TPSA) is 113 Å². The van der Waals surface area contributed by atoms with Crippen LogP contribution in [-0.2, 0) is 27.4 Å². The van der Waals surface area contributed by atoms with Crippen molar-refractivity contribution in [3.05, 3.63) is 41.5 Å². The van der Waals surface area contributed by atoms with Crippen molar-refractivity contribution in [3.63, 3.8) is 0 Å². The molecule has 39 heavy (non-hydrogen) atoms. The maximum Gasteiger partial charge on any atom is 0.410 e. The van der Waals surface area contributed by atoms with Gasteiger partial charge in [0.15, 0.2) is 5.52 Å². The van der Waals surface area contributed by atoms with Gasteiger partial charge in [0.25, 0.3) is 0 Å². The van der Waals surface area contributed by atoms with E-state index in [-0.39, 0.29) is 12.5 Å². The highest BCUT2D eigenvalue weighted by Crippen LogP contribution is 2.26. The van der Waals surface area contributed by atoms with Crippen LogP contribution < -0.4 is 10.0 Å². The molecule has 0 aliphatic carbocycles. The monoisotopic (exact) mass is 539 g/mol. The van der Waals surface area contributed by atoms with Crippen molar-refractivity contribution in [1.82, 2.24) is 19.8 Å². The van der Waals surface area contributed by atoms with E-state index >= 15 is 0 Å². The van der Waals surface area contributed by atoms with Crippen molar-refractivity contribution in [1.29, 1.82) is 0 Å². The third-order valence-electron chi connectivity index (χ3n) is 7.02. The van der Waals surface area contributed by atoms with Gasteiger partial charge in [-0.3, -0.25) is 4.79 Å². The van der Waals surface area contributed by atoms with Crippen molar-refractivity contribution in [3.8, 4) is 0 Å². The lowest BCUT2D eigenvalue weighted by molar-refractivity contribution is -0.575. The SMILES string of the molecule is CCN(Cc1nc2c[n+]([O-])c3ccccc3c2n1CCCCNC(=O)CC1CCOCC1)C(=O)OC(C)(C)C. The average molecular weight is 540 g/mol. The predicted molar refractivity (Wildman–Crippen MR) is 149 cm³/mol. The van der Waals surface area contributed by atoms with Crippen LogP contribution in [-0.4, -0.2) is 58.4 Å². The predicted octanol–water partition coefficient (Wildman–Crippen LogP) is 4.29. The van der Waals surface area contributed by atoms with Crippen LogP contribution in [0.25, 0.3) is 21.9 Å². The number of fused-ring (bicyclic) bond motifs is 3. The van der Waals surface area contributed by atoms with E-state index in [1.165, 1.54) is 6.20 Å².